The van der Waals surface area contributed by atoms with Crippen LogP contribution in [0.1, 0.15) is 22.3 Å². The highest BCUT2D eigenvalue weighted by Gasteiger charge is 2.51. The number of hydrogen-bond donors (Lipinski definition) is 0. The van der Waals surface area contributed by atoms with E-state index in [0.717, 1.165) is 17.1 Å². The molecule has 2 aliphatic carbocycles. The van der Waals surface area contributed by atoms with Crippen molar-refractivity contribution in [1.29, 1.82) is 0 Å². The molecule has 0 fully saturated rings. The summed E-state index contributed by atoms with van der Waals surface area (Å²) in [6.07, 6.45) is 0. The van der Waals surface area contributed by atoms with Crippen LogP contribution in [0.3, 0.4) is 0 Å². The molecule has 1 spiro atoms. The van der Waals surface area contributed by atoms with Gasteiger partial charge in [0, 0.05) is 17.1 Å². The highest BCUT2D eigenvalue weighted by molar-refractivity contribution is 6.25. The fraction of sp³-hybridized carbons (Fsp3) is 0.0189. The number of nitrogens with zero attached hydrogens (tertiary/aromatic N) is 1. The van der Waals surface area contributed by atoms with E-state index >= 15 is 0 Å². The zero-order chi connectivity index (χ0) is 35.4. The SMILES string of the molecule is c1ccc2c(c1)-c1ccccc1C21c2ccccc2-c2cc(N(c3ccc4ccccc4c3)c3ccc4c5ccccc5c5ccccc5c4c3)ccc21. The molecule has 1 heteroatoms. The number of rotatable bonds is 3. The lowest BCUT2D eigenvalue weighted by Crippen LogP contribution is -2.25. The molecule has 0 N–H and O–H groups in total. The zero-order valence-electron chi connectivity index (χ0n) is 29.5. The van der Waals surface area contributed by atoms with E-state index in [-0.39, 0.29) is 5.41 Å². The van der Waals surface area contributed by atoms with Crippen molar-refractivity contribution in [2.75, 3.05) is 4.90 Å². The van der Waals surface area contributed by atoms with Crippen LogP contribution in [0.2, 0.25) is 0 Å². The van der Waals surface area contributed by atoms with Gasteiger partial charge in [-0.1, -0.05) is 164 Å². The molecular weight excluding hydrogens is 651 g/mol. The second-order valence-corrected chi connectivity index (χ2v) is 14.8. The van der Waals surface area contributed by atoms with Crippen LogP contribution in [0.15, 0.2) is 200 Å². The topological polar surface area (TPSA) is 3.24 Å². The molecule has 0 saturated heterocycles. The molecule has 12 rings (SSSR count). The Morgan fingerprint density at radius 1 is 0.259 bits per heavy atom. The van der Waals surface area contributed by atoms with Crippen molar-refractivity contribution in [2.24, 2.45) is 0 Å². The quantitative estimate of drug-likeness (QED) is 0.168. The summed E-state index contributed by atoms with van der Waals surface area (Å²) in [4.78, 5) is 2.46. The van der Waals surface area contributed by atoms with Crippen LogP contribution in [0.25, 0.3) is 65.3 Å². The number of fused-ring (bicyclic) bond motifs is 17. The fourth-order valence-corrected chi connectivity index (χ4v) is 10.0. The largest absolute Gasteiger partial charge is 0.310 e. The Kier molecular flexibility index (Phi) is 6.04. The molecule has 54 heavy (non-hydrogen) atoms. The monoisotopic (exact) mass is 683 g/mol. The van der Waals surface area contributed by atoms with Gasteiger partial charge in [-0.05, 0) is 124 Å². The van der Waals surface area contributed by atoms with Crippen molar-refractivity contribution in [2.45, 2.75) is 5.41 Å². The Labute approximate surface area is 314 Å². The van der Waals surface area contributed by atoms with E-state index in [1.807, 2.05) is 0 Å². The van der Waals surface area contributed by atoms with Gasteiger partial charge in [0.1, 0.15) is 0 Å². The summed E-state index contributed by atoms with van der Waals surface area (Å²) in [5.74, 6) is 0. The molecular formula is C53H33N. The smallest absolute Gasteiger partial charge is 0.0725 e. The summed E-state index contributed by atoms with van der Waals surface area (Å²) in [6.45, 7) is 0. The van der Waals surface area contributed by atoms with Gasteiger partial charge in [0.25, 0.3) is 0 Å². The first-order valence-electron chi connectivity index (χ1n) is 18.8. The Morgan fingerprint density at radius 2 is 0.667 bits per heavy atom. The minimum Gasteiger partial charge on any atom is -0.310 e. The standard InChI is InChI=1S/C53H33N/c1-2-14-35-31-36(26-25-34(35)13-1)54(37-27-29-43-41-17-4-3-15-39(41)40-16-5-6-18-42(40)47(43)32-37)38-28-30-52-48(33-38)46-21-9-12-24-51(46)53(52)49-22-10-7-19-44(49)45-20-8-11-23-50(45)53/h1-33H. The molecule has 2 aliphatic rings. The molecule has 10 aromatic carbocycles. The van der Waals surface area contributed by atoms with Crippen molar-refractivity contribution in [3.63, 3.8) is 0 Å². The Hall–Kier alpha value is -6.96. The van der Waals surface area contributed by atoms with Crippen LogP contribution in [0.5, 0.6) is 0 Å². The molecule has 250 valence electrons. The van der Waals surface area contributed by atoms with Crippen molar-refractivity contribution < 1.29 is 0 Å². The lowest BCUT2D eigenvalue weighted by atomic mass is 9.70. The molecule has 0 bridgehead atoms. The molecule has 0 heterocycles. The van der Waals surface area contributed by atoms with Gasteiger partial charge in [-0.2, -0.15) is 0 Å². The first kappa shape index (κ1) is 29.6. The van der Waals surface area contributed by atoms with Gasteiger partial charge >= 0.3 is 0 Å². The maximum Gasteiger partial charge on any atom is 0.0725 e. The van der Waals surface area contributed by atoms with Gasteiger partial charge in [-0.3, -0.25) is 0 Å². The molecule has 0 unspecified atom stereocenters. The lowest BCUT2D eigenvalue weighted by molar-refractivity contribution is 0.794. The summed E-state index contributed by atoms with van der Waals surface area (Å²) in [5, 5.41) is 10.1. The zero-order valence-corrected chi connectivity index (χ0v) is 29.5. The average Bonchev–Trinajstić information content (AvgIpc) is 3.71. The van der Waals surface area contributed by atoms with Crippen molar-refractivity contribution in [3.8, 4) is 22.3 Å². The minimum atomic E-state index is -0.367. The van der Waals surface area contributed by atoms with Crippen LogP contribution in [-0.4, -0.2) is 0 Å². The maximum atomic E-state index is 2.46. The number of anilines is 3. The molecule has 1 nitrogen and oxygen atoms in total. The second kappa shape index (κ2) is 11.0. The van der Waals surface area contributed by atoms with Crippen molar-refractivity contribution in [1.82, 2.24) is 0 Å². The van der Waals surface area contributed by atoms with Gasteiger partial charge < -0.3 is 4.90 Å². The molecule has 10 aromatic rings. The molecule has 0 atom stereocenters. The molecule has 0 aliphatic heterocycles. The van der Waals surface area contributed by atoms with Crippen molar-refractivity contribution in [3.05, 3.63) is 222 Å². The fourth-order valence-electron chi connectivity index (χ4n) is 10.0. The predicted molar refractivity (Wildman–Crippen MR) is 227 cm³/mol. The van der Waals surface area contributed by atoms with Crippen LogP contribution >= 0.6 is 0 Å². The van der Waals surface area contributed by atoms with Crippen LogP contribution in [0.4, 0.5) is 17.1 Å². The van der Waals surface area contributed by atoms with Crippen LogP contribution in [0, 0.1) is 0 Å². The third-order valence-corrected chi connectivity index (χ3v) is 12.2. The highest BCUT2D eigenvalue weighted by atomic mass is 15.1. The van der Waals surface area contributed by atoms with Crippen LogP contribution < -0.4 is 4.90 Å². The Bertz CT molecular complexity index is 3110. The van der Waals surface area contributed by atoms with Crippen LogP contribution in [-0.2, 0) is 5.41 Å². The highest BCUT2D eigenvalue weighted by Crippen LogP contribution is 2.63. The van der Waals surface area contributed by atoms with E-state index in [1.54, 1.807) is 0 Å². The third kappa shape index (κ3) is 3.88. The van der Waals surface area contributed by atoms with Gasteiger partial charge in [0.05, 0.1) is 5.41 Å². The molecule has 0 saturated carbocycles. The first-order valence-corrected chi connectivity index (χ1v) is 18.8. The normalized spacial score (nSPS) is 13.3. The minimum absolute atomic E-state index is 0.367. The summed E-state index contributed by atoms with van der Waals surface area (Å²) >= 11 is 0. The van der Waals surface area contributed by atoms with Crippen molar-refractivity contribution >= 4 is 60.2 Å². The Balaban J connectivity index is 1.14. The van der Waals surface area contributed by atoms with E-state index in [2.05, 4.69) is 205 Å². The van der Waals surface area contributed by atoms with Gasteiger partial charge in [0.2, 0.25) is 0 Å². The second-order valence-electron chi connectivity index (χ2n) is 14.8. The van der Waals surface area contributed by atoms with E-state index < -0.39 is 0 Å². The Morgan fingerprint density at radius 3 is 1.30 bits per heavy atom. The summed E-state index contributed by atoms with van der Waals surface area (Å²) in [7, 11) is 0. The lowest BCUT2D eigenvalue weighted by Gasteiger charge is -2.31. The van der Waals surface area contributed by atoms with Gasteiger partial charge in [-0.15, -0.1) is 0 Å². The summed E-state index contributed by atoms with van der Waals surface area (Å²) in [6, 6.07) is 74.6. The average molecular weight is 684 g/mol. The van der Waals surface area contributed by atoms with Gasteiger partial charge in [0.15, 0.2) is 0 Å². The van der Waals surface area contributed by atoms with Gasteiger partial charge in [-0.25, -0.2) is 0 Å². The van der Waals surface area contributed by atoms with E-state index in [1.165, 1.54) is 87.6 Å². The van der Waals surface area contributed by atoms with E-state index in [9.17, 15) is 0 Å². The number of benzene rings is 10. The molecule has 0 amide bonds. The maximum absolute atomic E-state index is 2.46. The summed E-state index contributed by atoms with van der Waals surface area (Å²) in [5.41, 5.74) is 13.7. The third-order valence-electron chi connectivity index (χ3n) is 12.2. The first-order chi connectivity index (χ1) is 26.8. The van der Waals surface area contributed by atoms with E-state index in [4.69, 9.17) is 0 Å². The molecule has 0 radical (unpaired) electrons. The predicted octanol–water partition coefficient (Wildman–Crippen LogP) is 14.1. The van der Waals surface area contributed by atoms with E-state index in [0.29, 0.717) is 0 Å². The summed E-state index contributed by atoms with van der Waals surface area (Å²) < 4.78 is 0. The molecule has 0 aromatic heterocycles. The number of hydrogen-bond acceptors (Lipinski definition) is 1.